The van der Waals surface area contributed by atoms with Gasteiger partial charge in [-0.1, -0.05) is 0 Å². The Labute approximate surface area is 105 Å². The number of carbonyl (C=O) groups excluding carboxylic acids is 1. The molecule has 1 aliphatic rings. The van der Waals surface area contributed by atoms with Crippen LogP contribution in [-0.4, -0.2) is 26.1 Å². The molecule has 1 aromatic rings. The number of amides is 1. The number of rotatable bonds is 7. The van der Waals surface area contributed by atoms with Crippen LogP contribution in [0.2, 0.25) is 0 Å². The second-order valence-corrected chi connectivity index (χ2v) is 6.59. The van der Waals surface area contributed by atoms with Crippen LogP contribution in [0.3, 0.4) is 0 Å². The lowest BCUT2D eigenvalue weighted by Crippen LogP contribution is -2.24. The van der Waals surface area contributed by atoms with E-state index in [1.54, 1.807) is 12.1 Å². The SMILES string of the molecule is NC(=O)CS(=O)(=O)Cc1ccc(CNC2CC2)o1. The van der Waals surface area contributed by atoms with Crippen molar-refractivity contribution in [2.75, 3.05) is 5.75 Å². The Hall–Kier alpha value is -1.34. The van der Waals surface area contributed by atoms with E-state index in [2.05, 4.69) is 5.32 Å². The molecule has 18 heavy (non-hydrogen) atoms. The quantitative estimate of drug-likeness (QED) is 0.723. The molecule has 0 atom stereocenters. The number of nitrogens with two attached hydrogens (primary N) is 1. The van der Waals surface area contributed by atoms with Gasteiger partial charge in [-0.15, -0.1) is 0 Å². The fourth-order valence-electron chi connectivity index (χ4n) is 1.61. The molecule has 0 radical (unpaired) electrons. The summed E-state index contributed by atoms with van der Waals surface area (Å²) in [5, 5.41) is 3.26. The van der Waals surface area contributed by atoms with Crippen molar-refractivity contribution in [2.45, 2.75) is 31.2 Å². The van der Waals surface area contributed by atoms with E-state index in [1.165, 1.54) is 12.8 Å². The van der Waals surface area contributed by atoms with Crippen LogP contribution in [0.5, 0.6) is 0 Å². The standard InChI is InChI=1S/C11H16N2O4S/c12-11(14)7-18(15,16)6-10-4-3-9(17-10)5-13-8-1-2-8/h3-4,8,13H,1-2,5-7H2,(H2,12,14). The van der Waals surface area contributed by atoms with Crippen LogP contribution in [0.25, 0.3) is 0 Å². The summed E-state index contributed by atoms with van der Waals surface area (Å²) in [6.45, 7) is 0.598. The summed E-state index contributed by atoms with van der Waals surface area (Å²) in [6, 6.07) is 3.92. The zero-order valence-corrected chi connectivity index (χ0v) is 10.7. The van der Waals surface area contributed by atoms with E-state index >= 15 is 0 Å². The second kappa shape index (κ2) is 5.11. The molecule has 0 saturated heterocycles. The third-order valence-corrected chi connectivity index (χ3v) is 4.03. The minimum absolute atomic E-state index is 0.292. The van der Waals surface area contributed by atoms with Gasteiger partial charge >= 0.3 is 0 Å². The van der Waals surface area contributed by atoms with Gasteiger partial charge in [-0.2, -0.15) is 0 Å². The number of hydrogen-bond acceptors (Lipinski definition) is 5. The topological polar surface area (TPSA) is 102 Å². The van der Waals surface area contributed by atoms with Gasteiger partial charge in [-0.05, 0) is 25.0 Å². The first-order valence-electron chi connectivity index (χ1n) is 5.74. The number of nitrogens with one attached hydrogen (secondary N) is 1. The number of primary amides is 1. The van der Waals surface area contributed by atoms with Crippen LogP contribution in [0.15, 0.2) is 16.5 Å². The number of carbonyl (C=O) groups is 1. The molecule has 0 aliphatic heterocycles. The van der Waals surface area contributed by atoms with Crippen LogP contribution in [0, 0.1) is 0 Å². The Kier molecular flexibility index (Phi) is 3.72. The maximum atomic E-state index is 11.5. The highest BCUT2D eigenvalue weighted by Crippen LogP contribution is 2.20. The first kappa shape index (κ1) is 13.1. The summed E-state index contributed by atoms with van der Waals surface area (Å²) in [6.07, 6.45) is 2.36. The van der Waals surface area contributed by atoms with Crippen molar-refractivity contribution >= 4 is 15.7 Å². The predicted molar refractivity (Wildman–Crippen MR) is 65.3 cm³/mol. The maximum absolute atomic E-state index is 11.5. The molecule has 0 bridgehead atoms. The van der Waals surface area contributed by atoms with E-state index in [4.69, 9.17) is 10.2 Å². The van der Waals surface area contributed by atoms with Crippen molar-refractivity contribution in [3.05, 3.63) is 23.7 Å². The van der Waals surface area contributed by atoms with Crippen molar-refractivity contribution in [1.82, 2.24) is 5.32 Å². The van der Waals surface area contributed by atoms with Crippen LogP contribution in [0.1, 0.15) is 24.4 Å². The van der Waals surface area contributed by atoms with Gasteiger partial charge in [-0.3, -0.25) is 4.79 Å². The fourth-order valence-corrected chi connectivity index (χ4v) is 2.74. The zero-order valence-electron chi connectivity index (χ0n) is 9.89. The van der Waals surface area contributed by atoms with Gasteiger partial charge in [-0.25, -0.2) is 8.42 Å². The monoisotopic (exact) mass is 272 g/mol. The van der Waals surface area contributed by atoms with E-state index in [9.17, 15) is 13.2 Å². The lowest BCUT2D eigenvalue weighted by molar-refractivity contribution is -0.115. The van der Waals surface area contributed by atoms with E-state index in [0.717, 1.165) is 0 Å². The summed E-state index contributed by atoms with van der Waals surface area (Å²) < 4.78 is 28.4. The minimum Gasteiger partial charge on any atom is -0.464 e. The minimum atomic E-state index is -3.53. The molecule has 0 spiro atoms. The Morgan fingerprint density at radius 2 is 2.06 bits per heavy atom. The maximum Gasteiger partial charge on any atom is 0.232 e. The Bertz CT molecular complexity index is 531. The fraction of sp³-hybridized carbons (Fsp3) is 0.545. The smallest absolute Gasteiger partial charge is 0.232 e. The average molecular weight is 272 g/mol. The second-order valence-electron chi connectivity index (χ2n) is 4.52. The van der Waals surface area contributed by atoms with Gasteiger partial charge in [0.1, 0.15) is 23.0 Å². The summed E-state index contributed by atoms with van der Waals surface area (Å²) >= 11 is 0. The van der Waals surface area contributed by atoms with Crippen molar-refractivity contribution in [2.24, 2.45) is 5.73 Å². The van der Waals surface area contributed by atoms with Crippen LogP contribution in [-0.2, 0) is 26.9 Å². The number of sulfone groups is 1. The highest BCUT2D eigenvalue weighted by atomic mass is 32.2. The molecule has 1 saturated carbocycles. The van der Waals surface area contributed by atoms with Crippen molar-refractivity contribution in [3.63, 3.8) is 0 Å². The Morgan fingerprint density at radius 1 is 1.39 bits per heavy atom. The number of furan rings is 1. The number of hydrogen-bond donors (Lipinski definition) is 2. The normalized spacial score (nSPS) is 15.8. The van der Waals surface area contributed by atoms with E-state index < -0.39 is 21.5 Å². The molecule has 2 rings (SSSR count). The van der Waals surface area contributed by atoms with E-state index in [0.29, 0.717) is 24.1 Å². The molecule has 7 heteroatoms. The first-order valence-corrected chi connectivity index (χ1v) is 7.56. The predicted octanol–water partition coefficient (Wildman–Crippen LogP) is -0.0683. The van der Waals surface area contributed by atoms with Crippen molar-refractivity contribution in [1.29, 1.82) is 0 Å². The molecule has 1 aromatic heterocycles. The van der Waals surface area contributed by atoms with Crippen LogP contribution in [0.4, 0.5) is 0 Å². The summed E-state index contributed by atoms with van der Waals surface area (Å²) in [4.78, 5) is 10.6. The lowest BCUT2D eigenvalue weighted by atomic mass is 10.4. The molecule has 1 amide bonds. The Morgan fingerprint density at radius 3 is 2.67 bits per heavy atom. The molecule has 3 N–H and O–H groups in total. The molecule has 1 aliphatic carbocycles. The summed E-state index contributed by atoms with van der Waals surface area (Å²) in [5.74, 6) is -0.755. The van der Waals surface area contributed by atoms with Gasteiger partial charge < -0.3 is 15.5 Å². The molecule has 6 nitrogen and oxygen atoms in total. The molecule has 0 aromatic carbocycles. The van der Waals surface area contributed by atoms with Gasteiger partial charge in [0.2, 0.25) is 5.91 Å². The molecule has 1 heterocycles. The summed E-state index contributed by atoms with van der Waals surface area (Å²) in [7, 11) is -3.53. The highest BCUT2D eigenvalue weighted by molar-refractivity contribution is 7.91. The Balaban J connectivity index is 1.90. The summed E-state index contributed by atoms with van der Waals surface area (Å²) in [5.41, 5.74) is 4.87. The van der Waals surface area contributed by atoms with Gasteiger partial charge in [0.25, 0.3) is 0 Å². The molecular weight excluding hydrogens is 256 g/mol. The molecule has 100 valence electrons. The molecule has 0 unspecified atom stereocenters. The van der Waals surface area contributed by atoms with Gasteiger partial charge in [0.15, 0.2) is 9.84 Å². The average Bonchev–Trinajstić information content (AvgIpc) is 2.95. The van der Waals surface area contributed by atoms with Crippen molar-refractivity contribution < 1.29 is 17.6 Å². The first-order chi connectivity index (χ1) is 8.44. The van der Waals surface area contributed by atoms with Crippen LogP contribution >= 0.6 is 0 Å². The van der Waals surface area contributed by atoms with E-state index in [-0.39, 0.29) is 5.75 Å². The lowest BCUT2D eigenvalue weighted by Gasteiger charge is -2.00. The zero-order chi connectivity index (χ0) is 13.2. The van der Waals surface area contributed by atoms with Gasteiger partial charge in [0.05, 0.1) is 6.54 Å². The third-order valence-electron chi connectivity index (χ3n) is 2.58. The molecule has 1 fully saturated rings. The third kappa shape index (κ3) is 4.15. The highest BCUT2D eigenvalue weighted by Gasteiger charge is 2.21. The van der Waals surface area contributed by atoms with Gasteiger partial charge in [0, 0.05) is 6.04 Å². The molecular formula is C11H16N2O4S. The van der Waals surface area contributed by atoms with Crippen LogP contribution < -0.4 is 11.1 Å². The van der Waals surface area contributed by atoms with Crippen molar-refractivity contribution in [3.8, 4) is 0 Å². The van der Waals surface area contributed by atoms with E-state index in [1.807, 2.05) is 0 Å². The largest absolute Gasteiger partial charge is 0.464 e.